The molecule has 42 heavy (non-hydrogen) atoms. The maximum absolute atomic E-state index is 14.6. The van der Waals surface area contributed by atoms with Crippen LogP contribution in [0.15, 0.2) is 60.7 Å². The zero-order valence-electron chi connectivity index (χ0n) is 25.4. The Balaban J connectivity index is 1.39. The predicted octanol–water partition coefficient (Wildman–Crippen LogP) is 7.26. The summed E-state index contributed by atoms with van der Waals surface area (Å²) in [6.07, 6.45) is 9.17. The van der Waals surface area contributed by atoms with E-state index in [1.165, 1.54) is 43.3 Å². The van der Waals surface area contributed by atoms with E-state index in [4.69, 9.17) is 18.9 Å². The molecule has 7 nitrogen and oxygen atoms in total. The summed E-state index contributed by atoms with van der Waals surface area (Å²) in [4.78, 5) is 27.2. The number of rotatable bonds is 13. The molecule has 0 radical (unpaired) electrons. The Hall–Kier alpha value is -2.90. The van der Waals surface area contributed by atoms with Gasteiger partial charge in [0.05, 0.1) is 31.8 Å². The van der Waals surface area contributed by atoms with Crippen molar-refractivity contribution in [2.45, 2.75) is 115 Å². The molecule has 3 saturated heterocycles. The van der Waals surface area contributed by atoms with E-state index in [1.807, 2.05) is 67.6 Å². The number of piperidine rings is 1. The molecule has 0 aliphatic carbocycles. The molecule has 2 bridgehead atoms. The van der Waals surface area contributed by atoms with Crippen LogP contribution in [0.5, 0.6) is 0 Å². The van der Waals surface area contributed by atoms with E-state index in [0.29, 0.717) is 36.2 Å². The molecule has 5 rings (SSSR count). The summed E-state index contributed by atoms with van der Waals surface area (Å²) in [5, 5.41) is 0. The normalized spacial score (nSPS) is 23.4. The largest absolute Gasteiger partial charge is 0.510 e. The van der Waals surface area contributed by atoms with E-state index >= 15 is 0 Å². The molecule has 0 amide bonds. The van der Waals surface area contributed by atoms with Gasteiger partial charge in [-0.3, -0.25) is 0 Å². The highest BCUT2D eigenvalue weighted by molar-refractivity contribution is 5.86. The summed E-state index contributed by atoms with van der Waals surface area (Å²) in [5.74, 6) is -0.464. The van der Waals surface area contributed by atoms with Crippen molar-refractivity contribution in [1.29, 1.82) is 0 Å². The average Bonchev–Trinajstić information content (AvgIpc) is 3.56. The van der Waals surface area contributed by atoms with E-state index in [2.05, 4.69) is 6.92 Å². The van der Waals surface area contributed by atoms with Gasteiger partial charge in [0.2, 0.25) is 11.9 Å². The lowest BCUT2D eigenvalue weighted by molar-refractivity contribution is -0.956. The standard InChI is InChI=1S/C35H48NO6/c1-3-5-6-15-24-39-34(38)41-32(4-2)42-35(27-16-9-7-10-17-27,28-18-11-8-12-19-28)33(37)40-31-25-29-20-21-30(26-31)36(29)22-13-14-23-36/h7-12,16-19,29-32H,3-6,13-15,20-26H2,1-2H3/q+1. The Kier molecular flexibility index (Phi) is 10.2. The SMILES string of the molecule is CCCCCCOC(=O)OC(CC)OC(C(=O)OC1CC2CCC(C1)[N+]21CCCC1)(c1ccccc1)c1ccccc1. The highest BCUT2D eigenvalue weighted by atomic mass is 16.8. The smallest absolute Gasteiger partial charge is 0.459 e. The van der Waals surface area contributed by atoms with Gasteiger partial charge in [-0.05, 0) is 17.5 Å². The number of benzene rings is 2. The van der Waals surface area contributed by atoms with Gasteiger partial charge >= 0.3 is 12.1 Å². The lowest BCUT2D eigenvalue weighted by atomic mass is 9.85. The van der Waals surface area contributed by atoms with Crippen molar-refractivity contribution in [3.63, 3.8) is 0 Å². The second kappa shape index (κ2) is 14.0. The van der Waals surface area contributed by atoms with Crippen LogP contribution in [0, 0.1) is 0 Å². The fraction of sp³-hybridized carbons (Fsp3) is 0.600. The zero-order valence-corrected chi connectivity index (χ0v) is 25.4. The minimum absolute atomic E-state index is 0.163. The van der Waals surface area contributed by atoms with Crippen molar-refractivity contribution in [3.8, 4) is 0 Å². The van der Waals surface area contributed by atoms with Crippen LogP contribution >= 0.6 is 0 Å². The van der Waals surface area contributed by atoms with Gasteiger partial charge in [-0.1, -0.05) is 93.8 Å². The lowest BCUT2D eigenvalue weighted by Crippen LogP contribution is -2.60. The third kappa shape index (κ3) is 6.37. The number of carbonyl (C=O) groups excluding carboxylic acids is 2. The van der Waals surface area contributed by atoms with Crippen LogP contribution in [-0.4, -0.2) is 60.8 Å². The summed E-state index contributed by atoms with van der Waals surface area (Å²) in [6.45, 7) is 6.83. The molecule has 2 aromatic carbocycles. The van der Waals surface area contributed by atoms with Crippen LogP contribution in [0.4, 0.5) is 4.79 Å². The van der Waals surface area contributed by atoms with Gasteiger partial charge in [0.1, 0.15) is 6.10 Å². The topological polar surface area (TPSA) is 71.1 Å². The van der Waals surface area contributed by atoms with Crippen LogP contribution in [0.1, 0.15) is 95.6 Å². The second-order valence-corrected chi connectivity index (χ2v) is 12.3. The Morgan fingerprint density at radius 2 is 1.45 bits per heavy atom. The first-order chi connectivity index (χ1) is 20.5. The third-order valence-corrected chi connectivity index (χ3v) is 9.77. The van der Waals surface area contributed by atoms with Gasteiger partial charge in [-0.25, -0.2) is 9.59 Å². The highest BCUT2D eigenvalue weighted by Gasteiger charge is 2.57. The predicted molar refractivity (Wildman–Crippen MR) is 161 cm³/mol. The molecule has 2 aromatic rings. The molecule has 7 heteroatoms. The molecule has 0 aromatic heterocycles. The fourth-order valence-electron chi connectivity index (χ4n) is 7.69. The number of esters is 1. The van der Waals surface area contributed by atoms with Crippen molar-refractivity contribution < 1.29 is 33.0 Å². The molecule has 1 spiro atoms. The van der Waals surface area contributed by atoms with Crippen molar-refractivity contribution in [2.75, 3.05) is 19.7 Å². The molecule has 3 fully saturated rings. The molecule has 0 saturated carbocycles. The molecular formula is C35H48NO6+. The number of unbranched alkanes of at least 4 members (excludes halogenated alkanes) is 3. The number of carbonyl (C=O) groups is 2. The number of hydrogen-bond acceptors (Lipinski definition) is 6. The van der Waals surface area contributed by atoms with E-state index in [9.17, 15) is 9.59 Å². The quantitative estimate of drug-likeness (QED) is 0.108. The van der Waals surface area contributed by atoms with Crippen molar-refractivity contribution in [3.05, 3.63) is 71.8 Å². The average molecular weight is 579 g/mol. The molecule has 3 aliphatic heterocycles. The summed E-state index contributed by atoms with van der Waals surface area (Å²) in [7, 11) is 0. The Bertz CT molecular complexity index is 1090. The van der Waals surface area contributed by atoms with E-state index in [-0.39, 0.29) is 6.10 Å². The maximum Gasteiger partial charge on any atom is 0.510 e. The first kappa shape index (κ1) is 30.6. The van der Waals surface area contributed by atoms with Crippen LogP contribution in [0.25, 0.3) is 0 Å². The van der Waals surface area contributed by atoms with E-state index in [0.717, 1.165) is 38.5 Å². The second-order valence-electron chi connectivity index (χ2n) is 12.3. The summed E-state index contributed by atoms with van der Waals surface area (Å²) < 4.78 is 25.3. The molecule has 3 heterocycles. The Labute approximate surface area is 251 Å². The van der Waals surface area contributed by atoms with E-state index < -0.39 is 24.0 Å². The lowest BCUT2D eigenvalue weighted by Gasteiger charge is -2.47. The molecular weight excluding hydrogens is 530 g/mol. The van der Waals surface area contributed by atoms with Crippen LogP contribution in [0.2, 0.25) is 0 Å². The van der Waals surface area contributed by atoms with Gasteiger partial charge in [0.15, 0.2) is 0 Å². The van der Waals surface area contributed by atoms with Crippen molar-refractivity contribution >= 4 is 12.1 Å². The Morgan fingerprint density at radius 3 is 2.00 bits per heavy atom. The minimum atomic E-state index is -1.61. The summed E-state index contributed by atoms with van der Waals surface area (Å²) in [6, 6.07) is 20.0. The molecule has 3 aliphatic rings. The summed E-state index contributed by atoms with van der Waals surface area (Å²) >= 11 is 0. The van der Waals surface area contributed by atoms with Gasteiger partial charge in [-0.15, -0.1) is 0 Å². The van der Waals surface area contributed by atoms with Gasteiger partial charge in [0.25, 0.3) is 0 Å². The third-order valence-electron chi connectivity index (χ3n) is 9.77. The van der Waals surface area contributed by atoms with Crippen molar-refractivity contribution in [2.24, 2.45) is 0 Å². The number of ether oxygens (including phenoxy) is 4. The first-order valence-corrected chi connectivity index (χ1v) is 16.2. The number of nitrogens with zero attached hydrogens (tertiary/aromatic N) is 1. The molecule has 228 valence electrons. The monoisotopic (exact) mass is 578 g/mol. The van der Waals surface area contributed by atoms with E-state index in [1.54, 1.807) is 0 Å². The first-order valence-electron chi connectivity index (χ1n) is 16.2. The minimum Gasteiger partial charge on any atom is -0.459 e. The van der Waals surface area contributed by atoms with Crippen LogP contribution < -0.4 is 0 Å². The molecule has 3 unspecified atom stereocenters. The fourth-order valence-corrected chi connectivity index (χ4v) is 7.69. The number of quaternary nitrogens is 1. The zero-order chi connectivity index (χ0) is 29.4. The summed E-state index contributed by atoms with van der Waals surface area (Å²) in [5.41, 5.74) is -0.336. The molecule has 3 atom stereocenters. The van der Waals surface area contributed by atoms with Crippen LogP contribution in [-0.2, 0) is 29.3 Å². The van der Waals surface area contributed by atoms with Gasteiger partial charge in [-0.2, -0.15) is 0 Å². The highest BCUT2D eigenvalue weighted by Crippen LogP contribution is 2.47. The maximum atomic E-state index is 14.6. The Morgan fingerprint density at radius 1 is 0.857 bits per heavy atom. The molecule has 0 N–H and O–H groups in total. The van der Waals surface area contributed by atoms with Crippen molar-refractivity contribution in [1.82, 2.24) is 0 Å². The number of hydrogen-bond donors (Lipinski definition) is 0. The van der Waals surface area contributed by atoms with Crippen LogP contribution in [0.3, 0.4) is 0 Å². The van der Waals surface area contributed by atoms with Gasteiger partial charge < -0.3 is 23.4 Å². The van der Waals surface area contributed by atoms with Gasteiger partial charge in [0, 0.05) is 44.9 Å².